The normalized spacial score (nSPS) is 18.7. The van der Waals surface area contributed by atoms with Crippen LogP contribution in [0.4, 0.5) is 15.9 Å². The van der Waals surface area contributed by atoms with Gasteiger partial charge in [0.05, 0.1) is 36.3 Å². The summed E-state index contributed by atoms with van der Waals surface area (Å²) in [4.78, 5) is 9.65. The van der Waals surface area contributed by atoms with E-state index in [1.807, 2.05) is 42.6 Å². The number of halogens is 2. The van der Waals surface area contributed by atoms with Gasteiger partial charge in [-0.15, -0.1) is 0 Å². The number of fused-ring (bicyclic) bond motifs is 3. The maximum Gasteiger partial charge on any atom is 0.128 e. The Hall–Kier alpha value is -3.87. The van der Waals surface area contributed by atoms with E-state index >= 15 is 0 Å². The van der Waals surface area contributed by atoms with Gasteiger partial charge in [-0.3, -0.25) is 4.90 Å². The Morgan fingerprint density at radius 1 is 1.18 bits per heavy atom. The summed E-state index contributed by atoms with van der Waals surface area (Å²) >= 11 is 6.49. The highest BCUT2D eigenvalue weighted by Crippen LogP contribution is 2.37. The number of piperazine rings is 1. The van der Waals surface area contributed by atoms with E-state index in [2.05, 4.69) is 26.3 Å². The number of methoxy groups -OCH3 is 1. The number of anilines is 2. The lowest BCUT2D eigenvalue weighted by molar-refractivity contribution is -0.00866. The summed E-state index contributed by atoms with van der Waals surface area (Å²) in [6.07, 6.45) is 6.33. The molecule has 2 bridgehead atoms. The van der Waals surface area contributed by atoms with Gasteiger partial charge in [-0.05, 0) is 42.3 Å². The third kappa shape index (κ3) is 4.40. The van der Waals surface area contributed by atoms with Gasteiger partial charge in [-0.1, -0.05) is 17.7 Å². The maximum absolute atomic E-state index is 12.7. The number of nitriles is 1. The van der Waals surface area contributed by atoms with Gasteiger partial charge < -0.3 is 15.0 Å². The van der Waals surface area contributed by atoms with E-state index in [4.69, 9.17) is 21.3 Å². The summed E-state index contributed by atoms with van der Waals surface area (Å²) in [6, 6.07) is 15.0. The van der Waals surface area contributed by atoms with E-state index in [9.17, 15) is 9.65 Å². The lowest BCUT2D eigenvalue weighted by Crippen LogP contribution is -2.68. The predicted octanol–water partition coefficient (Wildman–Crippen LogP) is 4.77. The second-order valence-corrected chi connectivity index (χ2v) is 10.1. The Morgan fingerprint density at radius 3 is 2.71 bits per heavy atom. The van der Waals surface area contributed by atoms with E-state index in [0.29, 0.717) is 23.2 Å². The molecule has 0 radical (unpaired) electrons. The summed E-state index contributed by atoms with van der Waals surface area (Å²) in [5, 5.41) is 17.7. The molecule has 6 heterocycles. The Kier molecular flexibility index (Phi) is 6.52. The summed E-state index contributed by atoms with van der Waals surface area (Å²) in [6.45, 7) is 2.37. The molecule has 194 valence electrons. The van der Waals surface area contributed by atoms with E-state index in [-0.39, 0.29) is 6.54 Å². The summed E-state index contributed by atoms with van der Waals surface area (Å²) < 4.78 is 19.7. The molecule has 1 aromatic carbocycles. The molecule has 1 N–H and O–H groups in total. The van der Waals surface area contributed by atoms with Crippen molar-refractivity contribution < 1.29 is 9.13 Å². The van der Waals surface area contributed by atoms with Gasteiger partial charge in [0, 0.05) is 60.6 Å². The molecule has 0 aliphatic carbocycles. The van der Waals surface area contributed by atoms with E-state index in [1.165, 1.54) is 6.42 Å². The van der Waals surface area contributed by atoms with Crippen LogP contribution in [0.15, 0.2) is 55.0 Å². The summed E-state index contributed by atoms with van der Waals surface area (Å²) in [7, 11) is 1.64. The highest BCUT2D eigenvalue weighted by molar-refractivity contribution is 6.31. The van der Waals surface area contributed by atoms with Crippen LogP contribution in [0.5, 0.6) is 5.75 Å². The fourth-order valence-electron chi connectivity index (χ4n) is 5.56. The molecular formula is C28H27ClFN7O. The minimum atomic E-state index is -0.478. The maximum atomic E-state index is 12.7. The second-order valence-electron chi connectivity index (χ2n) is 9.70. The van der Waals surface area contributed by atoms with Crippen molar-refractivity contribution in [1.82, 2.24) is 19.5 Å². The summed E-state index contributed by atoms with van der Waals surface area (Å²) in [5.41, 5.74) is 4.73. The Balaban J connectivity index is 1.19. The van der Waals surface area contributed by atoms with Crippen molar-refractivity contribution in [1.29, 1.82) is 5.26 Å². The lowest BCUT2D eigenvalue weighted by atomic mass is 9.86. The molecule has 3 aliphatic heterocycles. The van der Waals surface area contributed by atoms with Gasteiger partial charge in [0.15, 0.2) is 0 Å². The smallest absolute Gasteiger partial charge is 0.128 e. The third-order valence-corrected chi connectivity index (χ3v) is 7.85. The lowest BCUT2D eigenvalue weighted by Gasteiger charge is -2.56. The third-order valence-electron chi connectivity index (χ3n) is 7.50. The highest BCUT2D eigenvalue weighted by Gasteiger charge is 2.44. The zero-order valence-electron chi connectivity index (χ0n) is 20.9. The molecule has 2 atom stereocenters. The number of hydrogen-bond donors (Lipinski definition) is 1. The van der Waals surface area contributed by atoms with Crippen LogP contribution in [0, 0.1) is 11.3 Å². The van der Waals surface area contributed by atoms with Crippen LogP contribution in [0.25, 0.3) is 16.6 Å². The number of ether oxygens (including phenoxy) is 1. The van der Waals surface area contributed by atoms with Crippen LogP contribution in [0.3, 0.4) is 0 Å². The molecule has 4 aromatic rings. The van der Waals surface area contributed by atoms with Gasteiger partial charge in [0.1, 0.15) is 24.3 Å². The minimum absolute atomic E-state index is 0.202. The monoisotopic (exact) mass is 531 g/mol. The average molecular weight is 532 g/mol. The van der Waals surface area contributed by atoms with Gasteiger partial charge >= 0.3 is 0 Å². The first-order valence-electron chi connectivity index (χ1n) is 12.6. The molecule has 0 saturated carbocycles. The fraction of sp³-hybridized carbons (Fsp3) is 0.321. The van der Waals surface area contributed by atoms with Gasteiger partial charge in [-0.2, -0.15) is 10.4 Å². The molecule has 3 aliphatic rings. The van der Waals surface area contributed by atoms with Gasteiger partial charge in [0.25, 0.3) is 0 Å². The number of piperidine rings is 1. The second kappa shape index (κ2) is 10.1. The first kappa shape index (κ1) is 24.5. The Bertz CT molecular complexity index is 1500. The van der Waals surface area contributed by atoms with Crippen molar-refractivity contribution >= 4 is 28.6 Å². The number of rotatable bonds is 8. The number of nitrogens with one attached hydrogen (secondary N) is 1. The predicted molar refractivity (Wildman–Crippen MR) is 146 cm³/mol. The van der Waals surface area contributed by atoms with Crippen molar-refractivity contribution in [3.05, 3.63) is 71.1 Å². The van der Waals surface area contributed by atoms with E-state index < -0.39 is 6.67 Å². The van der Waals surface area contributed by atoms with Crippen molar-refractivity contribution in [3.8, 4) is 22.9 Å². The molecule has 10 heteroatoms. The zero-order chi connectivity index (χ0) is 26.2. The number of benzene rings is 1. The van der Waals surface area contributed by atoms with E-state index in [0.717, 1.165) is 58.6 Å². The zero-order valence-corrected chi connectivity index (χ0v) is 21.7. The number of alkyl halides is 1. The molecule has 3 fully saturated rings. The van der Waals surface area contributed by atoms with Gasteiger partial charge in [-0.25, -0.2) is 13.9 Å². The van der Waals surface area contributed by atoms with Crippen LogP contribution >= 0.6 is 11.6 Å². The fourth-order valence-corrected chi connectivity index (χ4v) is 5.79. The highest BCUT2D eigenvalue weighted by atomic mass is 35.5. The standard InChI is InChI=1S/C28H27ClFN7O/c1-38-24-4-2-19(26(29)10-24)14-36-22-9-23(36)17-35(16-22)27-5-3-18(12-33-27)25-8-21(32-7-6-30)15-37-28(25)20(11-31)13-34-37/h2-5,8,10,12-13,15,22-23,32H,6-7,9,14,16-17H2,1H3. The largest absolute Gasteiger partial charge is 0.497 e. The molecule has 8 nitrogen and oxygen atoms in total. The van der Waals surface area contributed by atoms with Crippen LogP contribution in [0.2, 0.25) is 5.02 Å². The van der Waals surface area contributed by atoms with Crippen molar-refractivity contribution in [2.75, 3.05) is 43.6 Å². The van der Waals surface area contributed by atoms with Crippen LogP contribution in [0.1, 0.15) is 17.5 Å². The molecule has 0 amide bonds. The molecule has 0 spiro atoms. The number of aromatic nitrogens is 3. The minimum Gasteiger partial charge on any atom is -0.497 e. The van der Waals surface area contributed by atoms with Crippen LogP contribution in [-0.4, -0.2) is 65.0 Å². The van der Waals surface area contributed by atoms with Crippen molar-refractivity contribution in [3.63, 3.8) is 0 Å². The average Bonchev–Trinajstić information content (AvgIpc) is 3.38. The Morgan fingerprint density at radius 2 is 2.03 bits per heavy atom. The quantitative estimate of drug-likeness (QED) is 0.350. The first-order chi connectivity index (χ1) is 18.6. The molecule has 38 heavy (non-hydrogen) atoms. The van der Waals surface area contributed by atoms with Gasteiger partial charge in [0.2, 0.25) is 0 Å². The van der Waals surface area contributed by atoms with Crippen LogP contribution < -0.4 is 15.0 Å². The summed E-state index contributed by atoms with van der Waals surface area (Å²) in [5.74, 6) is 1.70. The van der Waals surface area contributed by atoms with Crippen LogP contribution in [-0.2, 0) is 6.54 Å². The molecular weight excluding hydrogens is 505 g/mol. The molecule has 7 rings (SSSR count). The molecule has 3 saturated heterocycles. The van der Waals surface area contributed by atoms with Crippen molar-refractivity contribution in [2.45, 2.75) is 25.0 Å². The molecule has 3 aromatic heterocycles. The van der Waals surface area contributed by atoms with Crippen molar-refractivity contribution in [2.24, 2.45) is 0 Å². The van der Waals surface area contributed by atoms with E-state index in [1.54, 1.807) is 24.0 Å². The topological polar surface area (TPSA) is 81.7 Å². The Labute approximate surface area is 225 Å². The first-order valence-corrected chi connectivity index (χ1v) is 13.0. The molecule has 2 unspecified atom stereocenters. The number of pyridine rings is 2. The number of nitrogens with zero attached hydrogens (tertiary/aromatic N) is 6. The SMILES string of the molecule is COc1ccc(CN2C3CC2CN(c2ccc(-c4cc(NCCF)cn5ncc(C#N)c45)cn2)C3)c(Cl)c1. The number of hydrogen-bond acceptors (Lipinski definition) is 7.